The van der Waals surface area contributed by atoms with Crippen LogP contribution in [0.1, 0.15) is 12.8 Å². The number of rotatable bonds is 0. The van der Waals surface area contributed by atoms with Crippen molar-refractivity contribution in [2.24, 2.45) is 5.92 Å². The Morgan fingerprint density at radius 3 is 2.70 bits per heavy atom. The lowest BCUT2D eigenvalue weighted by Crippen LogP contribution is -2.26. The molecular weight excluding hydrogens is 126 g/mol. The van der Waals surface area contributed by atoms with Gasteiger partial charge in [-0.05, 0) is 25.9 Å². The van der Waals surface area contributed by atoms with E-state index < -0.39 is 0 Å². The van der Waals surface area contributed by atoms with Crippen LogP contribution in [0.4, 0.5) is 0 Å². The highest BCUT2D eigenvalue weighted by molar-refractivity contribution is 5.04. The highest BCUT2D eigenvalue weighted by Crippen LogP contribution is 2.08. The number of aliphatic hydroxyl groups is 1. The smallest absolute Gasteiger partial charge is 0.104 e. The van der Waals surface area contributed by atoms with Crippen molar-refractivity contribution in [2.75, 3.05) is 19.7 Å². The summed E-state index contributed by atoms with van der Waals surface area (Å²) < 4.78 is 0. The summed E-state index contributed by atoms with van der Waals surface area (Å²) in [6.07, 6.45) is 2.26. The lowest BCUT2D eigenvalue weighted by molar-refractivity contribution is 0.349. The second kappa shape index (κ2) is 4.32. The van der Waals surface area contributed by atoms with E-state index in [4.69, 9.17) is 5.11 Å². The van der Waals surface area contributed by atoms with Crippen LogP contribution in [0.5, 0.6) is 0 Å². The van der Waals surface area contributed by atoms with Gasteiger partial charge in [-0.15, -0.1) is 0 Å². The molecule has 2 N–H and O–H groups in total. The van der Waals surface area contributed by atoms with Crippen molar-refractivity contribution >= 4 is 0 Å². The van der Waals surface area contributed by atoms with Crippen LogP contribution in [0.25, 0.3) is 0 Å². The Bertz CT molecular complexity index is 139. The molecule has 0 aromatic heterocycles. The average molecular weight is 139 g/mol. The molecule has 0 aromatic carbocycles. The standard InChI is InChI=1S/C8H13NO/c10-7-1-2-8-3-5-9-6-4-8/h8-10H,3-7H2. The summed E-state index contributed by atoms with van der Waals surface area (Å²) in [6.45, 7) is 2.15. The molecule has 0 unspecified atom stereocenters. The number of hydrogen-bond donors (Lipinski definition) is 2. The van der Waals surface area contributed by atoms with Gasteiger partial charge in [-0.25, -0.2) is 0 Å². The molecule has 0 amide bonds. The minimum Gasteiger partial charge on any atom is -0.384 e. The Kier molecular flexibility index (Phi) is 3.28. The van der Waals surface area contributed by atoms with Gasteiger partial charge < -0.3 is 10.4 Å². The van der Waals surface area contributed by atoms with Crippen LogP contribution in [-0.2, 0) is 0 Å². The molecule has 0 atom stereocenters. The highest BCUT2D eigenvalue weighted by atomic mass is 16.2. The molecule has 56 valence electrons. The minimum atomic E-state index is 0.00390. The van der Waals surface area contributed by atoms with Gasteiger partial charge in [0.15, 0.2) is 0 Å². The molecule has 0 aliphatic carbocycles. The molecule has 1 saturated heterocycles. The molecule has 0 aromatic rings. The second-order valence-corrected chi connectivity index (χ2v) is 2.50. The van der Waals surface area contributed by atoms with Gasteiger partial charge in [0, 0.05) is 5.92 Å². The molecule has 1 aliphatic rings. The van der Waals surface area contributed by atoms with Crippen LogP contribution in [0, 0.1) is 17.8 Å². The number of aliphatic hydroxyl groups excluding tert-OH is 1. The predicted octanol–water partition coefficient (Wildman–Crippen LogP) is -0.0183. The van der Waals surface area contributed by atoms with E-state index in [-0.39, 0.29) is 6.61 Å². The summed E-state index contributed by atoms with van der Waals surface area (Å²) in [4.78, 5) is 0. The van der Waals surface area contributed by atoms with Crippen molar-refractivity contribution in [3.05, 3.63) is 0 Å². The normalized spacial score (nSPS) is 19.7. The Balaban J connectivity index is 2.25. The maximum absolute atomic E-state index is 8.41. The molecule has 2 heteroatoms. The first-order chi connectivity index (χ1) is 4.93. The topological polar surface area (TPSA) is 32.3 Å². The monoisotopic (exact) mass is 139 g/mol. The molecule has 1 aliphatic heterocycles. The van der Waals surface area contributed by atoms with Crippen molar-refractivity contribution in [1.29, 1.82) is 0 Å². The lowest BCUT2D eigenvalue weighted by atomic mass is 9.99. The molecule has 2 nitrogen and oxygen atoms in total. The van der Waals surface area contributed by atoms with Gasteiger partial charge in [0.05, 0.1) is 0 Å². The lowest BCUT2D eigenvalue weighted by Gasteiger charge is -2.16. The van der Waals surface area contributed by atoms with E-state index in [1.807, 2.05) is 0 Å². The average Bonchev–Trinajstić information content (AvgIpc) is 2.03. The number of piperidine rings is 1. The zero-order valence-corrected chi connectivity index (χ0v) is 6.06. The Hall–Kier alpha value is -0.520. The zero-order chi connectivity index (χ0) is 7.23. The van der Waals surface area contributed by atoms with E-state index in [2.05, 4.69) is 17.2 Å². The Labute approximate surface area is 61.6 Å². The van der Waals surface area contributed by atoms with Crippen LogP contribution >= 0.6 is 0 Å². The predicted molar refractivity (Wildman–Crippen MR) is 40.5 cm³/mol. The summed E-state index contributed by atoms with van der Waals surface area (Å²) in [5, 5.41) is 11.7. The SMILES string of the molecule is OCC#CC1CCNCC1. The summed E-state index contributed by atoms with van der Waals surface area (Å²) in [5.41, 5.74) is 0. The molecule has 0 spiro atoms. The fourth-order valence-corrected chi connectivity index (χ4v) is 1.16. The Morgan fingerprint density at radius 1 is 1.40 bits per heavy atom. The van der Waals surface area contributed by atoms with E-state index >= 15 is 0 Å². The van der Waals surface area contributed by atoms with Gasteiger partial charge in [-0.1, -0.05) is 11.8 Å². The number of hydrogen-bond acceptors (Lipinski definition) is 2. The maximum atomic E-state index is 8.41. The van der Waals surface area contributed by atoms with Crippen LogP contribution in [0.3, 0.4) is 0 Å². The van der Waals surface area contributed by atoms with Gasteiger partial charge in [-0.2, -0.15) is 0 Å². The van der Waals surface area contributed by atoms with Crippen molar-refractivity contribution < 1.29 is 5.11 Å². The first-order valence-electron chi connectivity index (χ1n) is 3.73. The quantitative estimate of drug-likeness (QED) is 0.462. The van der Waals surface area contributed by atoms with Crippen molar-refractivity contribution in [3.63, 3.8) is 0 Å². The van der Waals surface area contributed by atoms with E-state index in [1.54, 1.807) is 0 Å². The third-order valence-corrected chi connectivity index (χ3v) is 1.72. The van der Waals surface area contributed by atoms with Gasteiger partial charge in [0.25, 0.3) is 0 Å². The zero-order valence-electron chi connectivity index (χ0n) is 6.06. The van der Waals surface area contributed by atoms with E-state index in [0.717, 1.165) is 25.9 Å². The van der Waals surface area contributed by atoms with E-state index in [0.29, 0.717) is 5.92 Å². The second-order valence-electron chi connectivity index (χ2n) is 2.50. The molecule has 0 radical (unpaired) electrons. The van der Waals surface area contributed by atoms with Gasteiger partial charge in [0.1, 0.15) is 6.61 Å². The first-order valence-corrected chi connectivity index (χ1v) is 3.73. The Morgan fingerprint density at radius 2 is 2.10 bits per heavy atom. The van der Waals surface area contributed by atoms with Crippen molar-refractivity contribution in [1.82, 2.24) is 5.32 Å². The van der Waals surface area contributed by atoms with Crippen molar-refractivity contribution in [2.45, 2.75) is 12.8 Å². The van der Waals surface area contributed by atoms with E-state index in [1.165, 1.54) is 0 Å². The minimum absolute atomic E-state index is 0.00390. The number of nitrogens with one attached hydrogen (secondary N) is 1. The maximum Gasteiger partial charge on any atom is 0.104 e. The van der Waals surface area contributed by atoms with Crippen molar-refractivity contribution in [3.8, 4) is 11.8 Å². The summed E-state index contributed by atoms with van der Waals surface area (Å²) in [5.74, 6) is 6.25. The largest absolute Gasteiger partial charge is 0.384 e. The molecule has 1 fully saturated rings. The molecule has 1 heterocycles. The van der Waals surface area contributed by atoms with Crippen LogP contribution < -0.4 is 5.32 Å². The molecule has 10 heavy (non-hydrogen) atoms. The summed E-state index contributed by atoms with van der Waals surface area (Å²) in [7, 11) is 0. The molecule has 1 rings (SSSR count). The summed E-state index contributed by atoms with van der Waals surface area (Å²) in [6, 6.07) is 0. The highest BCUT2D eigenvalue weighted by Gasteiger charge is 2.08. The van der Waals surface area contributed by atoms with Crippen LogP contribution in [0.2, 0.25) is 0 Å². The van der Waals surface area contributed by atoms with Gasteiger partial charge >= 0.3 is 0 Å². The fraction of sp³-hybridized carbons (Fsp3) is 0.750. The first kappa shape index (κ1) is 7.59. The van der Waals surface area contributed by atoms with E-state index in [9.17, 15) is 0 Å². The third-order valence-electron chi connectivity index (χ3n) is 1.72. The summed E-state index contributed by atoms with van der Waals surface area (Å²) >= 11 is 0. The van der Waals surface area contributed by atoms with Gasteiger partial charge in [0.2, 0.25) is 0 Å². The third kappa shape index (κ3) is 2.38. The molecule has 0 saturated carbocycles. The molecular formula is C8H13NO. The van der Waals surface area contributed by atoms with Gasteiger partial charge in [-0.3, -0.25) is 0 Å². The molecule has 0 bridgehead atoms. The fourth-order valence-electron chi connectivity index (χ4n) is 1.16. The van der Waals surface area contributed by atoms with Crippen LogP contribution in [0.15, 0.2) is 0 Å². The van der Waals surface area contributed by atoms with Crippen LogP contribution in [-0.4, -0.2) is 24.8 Å².